The van der Waals surface area contributed by atoms with E-state index in [-0.39, 0.29) is 6.10 Å². The smallest absolute Gasteiger partial charge is 0.148 e. The lowest BCUT2D eigenvalue weighted by atomic mass is 9.93. The van der Waals surface area contributed by atoms with Crippen LogP contribution in [0.25, 0.3) is 15.9 Å². The van der Waals surface area contributed by atoms with E-state index in [1.54, 1.807) is 28.4 Å². The van der Waals surface area contributed by atoms with Gasteiger partial charge in [0, 0.05) is 18.7 Å². The van der Waals surface area contributed by atoms with Crippen LogP contribution in [0.5, 0.6) is 0 Å². The maximum Gasteiger partial charge on any atom is 0.148 e. The molecule has 2 N–H and O–H groups in total. The van der Waals surface area contributed by atoms with Crippen LogP contribution >= 0.6 is 11.3 Å². The summed E-state index contributed by atoms with van der Waals surface area (Å²) in [7, 11) is 0. The zero-order chi connectivity index (χ0) is 19.6. The van der Waals surface area contributed by atoms with Gasteiger partial charge < -0.3 is 10.4 Å². The summed E-state index contributed by atoms with van der Waals surface area (Å²) < 4.78 is 2.84. The first-order valence-electron chi connectivity index (χ1n) is 9.72. The van der Waals surface area contributed by atoms with Gasteiger partial charge in [-0.25, -0.2) is 24.6 Å². The van der Waals surface area contributed by atoms with E-state index >= 15 is 0 Å². The van der Waals surface area contributed by atoms with E-state index in [9.17, 15) is 5.11 Å². The summed E-state index contributed by atoms with van der Waals surface area (Å²) in [5.74, 6) is 1.66. The molecule has 0 atom stereocenters. The van der Waals surface area contributed by atoms with Crippen LogP contribution in [0.1, 0.15) is 37.1 Å². The number of thiophene rings is 1. The number of fused-ring (bicyclic) bond motifs is 1. The molecule has 0 spiro atoms. The zero-order valence-corrected chi connectivity index (χ0v) is 16.6. The standard InChI is InChI=1S/C20H21N7OS/c28-16-3-1-14(2-4-16)24-20-19-17(5-6-29-19)25-18(26-20)7-13-8-23-27(11-13)15-9-21-12-22-10-15/h5-6,8-12,14,16,28H,1-4,7H2,(H,24,25,26). The highest BCUT2D eigenvalue weighted by atomic mass is 32.1. The number of aliphatic hydroxyl groups is 1. The van der Waals surface area contributed by atoms with Crippen LogP contribution in [0.3, 0.4) is 0 Å². The van der Waals surface area contributed by atoms with Gasteiger partial charge >= 0.3 is 0 Å². The Balaban J connectivity index is 1.39. The summed E-state index contributed by atoms with van der Waals surface area (Å²) in [4.78, 5) is 17.6. The number of nitrogens with one attached hydrogen (secondary N) is 1. The topological polar surface area (TPSA) is 102 Å². The minimum absolute atomic E-state index is 0.165. The van der Waals surface area contributed by atoms with Crippen molar-refractivity contribution < 1.29 is 5.11 Å². The van der Waals surface area contributed by atoms with Crippen LogP contribution in [0, 0.1) is 0 Å². The molecule has 4 aromatic rings. The van der Waals surface area contributed by atoms with E-state index in [1.165, 1.54) is 6.33 Å². The molecule has 4 aromatic heterocycles. The fraction of sp³-hybridized carbons (Fsp3) is 0.350. The van der Waals surface area contributed by atoms with Crippen molar-refractivity contribution in [2.75, 3.05) is 5.32 Å². The van der Waals surface area contributed by atoms with Crippen molar-refractivity contribution in [3.63, 3.8) is 0 Å². The quantitative estimate of drug-likeness (QED) is 0.524. The second-order valence-electron chi connectivity index (χ2n) is 7.34. The zero-order valence-electron chi connectivity index (χ0n) is 15.8. The molecule has 1 fully saturated rings. The van der Waals surface area contributed by atoms with Crippen LogP contribution in [-0.4, -0.2) is 47.0 Å². The number of nitrogens with zero attached hydrogens (tertiary/aromatic N) is 6. The molecule has 0 aromatic carbocycles. The third-order valence-corrected chi connectivity index (χ3v) is 6.11. The van der Waals surface area contributed by atoms with Gasteiger partial charge in [0.1, 0.15) is 23.7 Å². The lowest BCUT2D eigenvalue weighted by Gasteiger charge is -2.26. The second kappa shape index (κ2) is 7.84. The lowest BCUT2D eigenvalue weighted by molar-refractivity contribution is 0.126. The monoisotopic (exact) mass is 407 g/mol. The van der Waals surface area contributed by atoms with E-state index in [0.29, 0.717) is 12.5 Å². The average Bonchev–Trinajstić information content (AvgIpc) is 3.40. The molecule has 0 aliphatic heterocycles. The van der Waals surface area contributed by atoms with Crippen molar-refractivity contribution in [2.24, 2.45) is 0 Å². The van der Waals surface area contributed by atoms with E-state index in [4.69, 9.17) is 9.97 Å². The first-order chi connectivity index (χ1) is 14.2. The Bertz CT molecular complexity index is 1100. The van der Waals surface area contributed by atoms with Gasteiger partial charge in [0.05, 0.1) is 34.9 Å². The molecule has 0 unspecified atom stereocenters. The average molecular weight is 408 g/mol. The third-order valence-electron chi connectivity index (χ3n) is 5.20. The number of anilines is 1. The molecule has 9 heteroatoms. The number of hydrogen-bond acceptors (Lipinski definition) is 8. The molecule has 29 heavy (non-hydrogen) atoms. The summed E-state index contributed by atoms with van der Waals surface area (Å²) in [5, 5.41) is 19.8. The summed E-state index contributed by atoms with van der Waals surface area (Å²) in [6.45, 7) is 0. The van der Waals surface area contributed by atoms with Crippen molar-refractivity contribution in [2.45, 2.75) is 44.2 Å². The maximum absolute atomic E-state index is 9.76. The fourth-order valence-electron chi connectivity index (χ4n) is 3.69. The largest absolute Gasteiger partial charge is 0.393 e. The summed E-state index contributed by atoms with van der Waals surface area (Å²) in [6, 6.07) is 2.37. The normalized spacial score (nSPS) is 19.5. The number of hydrogen-bond donors (Lipinski definition) is 2. The molecule has 8 nitrogen and oxygen atoms in total. The first-order valence-corrected chi connectivity index (χ1v) is 10.6. The summed E-state index contributed by atoms with van der Waals surface area (Å²) >= 11 is 1.65. The van der Waals surface area contributed by atoms with Gasteiger partial charge in [-0.15, -0.1) is 11.3 Å². The van der Waals surface area contributed by atoms with Crippen LogP contribution in [-0.2, 0) is 6.42 Å². The predicted octanol–water partition coefficient (Wildman–Crippen LogP) is 2.97. The molecule has 4 heterocycles. The SMILES string of the molecule is OC1CCC(Nc2nc(Cc3cnn(-c4cncnc4)c3)nc3ccsc23)CC1. The number of rotatable bonds is 5. The van der Waals surface area contributed by atoms with E-state index < -0.39 is 0 Å². The first kappa shape index (κ1) is 18.1. The van der Waals surface area contributed by atoms with Gasteiger partial charge in [0.15, 0.2) is 0 Å². The molecular formula is C20H21N7OS. The molecule has 0 saturated heterocycles. The third kappa shape index (κ3) is 3.96. The summed E-state index contributed by atoms with van der Waals surface area (Å²) in [6.07, 6.45) is 12.7. The van der Waals surface area contributed by atoms with Gasteiger partial charge in [0.25, 0.3) is 0 Å². The van der Waals surface area contributed by atoms with Crippen LogP contribution in [0.15, 0.2) is 42.6 Å². The number of aliphatic hydroxyl groups excluding tert-OH is 1. The predicted molar refractivity (Wildman–Crippen MR) is 111 cm³/mol. The molecular weight excluding hydrogens is 386 g/mol. The Morgan fingerprint density at radius 1 is 1.10 bits per heavy atom. The van der Waals surface area contributed by atoms with Crippen molar-refractivity contribution in [3.8, 4) is 5.69 Å². The van der Waals surface area contributed by atoms with E-state index in [1.807, 2.05) is 23.8 Å². The van der Waals surface area contributed by atoms with Crippen molar-refractivity contribution >= 4 is 27.4 Å². The van der Waals surface area contributed by atoms with Crippen molar-refractivity contribution in [3.05, 3.63) is 53.9 Å². The Labute approximate surface area is 171 Å². The molecule has 0 bridgehead atoms. The van der Waals surface area contributed by atoms with Crippen LogP contribution < -0.4 is 5.32 Å². The van der Waals surface area contributed by atoms with Gasteiger partial charge in [-0.05, 0) is 42.7 Å². The molecule has 0 amide bonds. The maximum atomic E-state index is 9.76. The Morgan fingerprint density at radius 3 is 2.76 bits per heavy atom. The minimum Gasteiger partial charge on any atom is -0.393 e. The molecule has 0 radical (unpaired) electrons. The highest BCUT2D eigenvalue weighted by Gasteiger charge is 2.21. The van der Waals surface area contributed by atoms with Gasteiger partial charge in [-0.3, -0.25) is 0 Å². The second-order valence-corrected chi connectivity index (χ2v) is 8.26. The number of aromatic nitrogens is 6. The molecule has 1 aliphatic rings. The summed E-state index contributed by atoms with van der Waals surface area (Å²) in [5.41, 5.74) is 2.80. The van der Waals surface area contributed by atoms with E-state index in [2.05, 4.69) is 20.4 Å². The minimum atomic E-state index is -0.165. The van der Waals surface area contributed by atoms with Gasteiger partial charge in [0.2, 0.25) is 0 Å². The van der Waals surface area contributed by atoms with Gasteiger partial charge in [-0.1, -0.05) is 0 Å². The highest BCUT2D eigenvalue weighted by molar-refractivity contribution is 7.17. The Kier molecular flexibility index (Phi) is 4.91. The Hall–Kier alpha value is -2.91. The van der Waals surface area contributed by atoms with Crippen LogP contribution in [0.2, 0.25) is 0 Å². The lowest BCUT2D eigenvalue weighted by Crippen LogP contribution is -2.28. The van der Waals surface area contributed by atoms with Gasteiger partial charge in [-0.2, -0.15) is 5.10 Å². The molecule has 5 rings (SSSR count). The van der Waals surface area contributed by atoms with Crippen LogP contribution in [0.4, 0.5) is 5.82 Å². The highest BCUT2D eigenvalue weighted by Crippen LogP contribution is 2.29. The fourth-order valence-corrected chi connectivity index (χ4v) is 4.47. The molecule has 1 aliphatic carbocycles. The van der Waals surface area contributed by atoms with E-state index in [0.717, 1.165) is 58.8 Å². The van der Waals surface area contributed by atoms with Crippen molar-refractivity contribution in [1.29, 1.82) is 0 Å². The molecule has 148 valence electrons. The van der Waals surface area contributed by atoms with Crippen molar-refractivity contribution in [1.82, 2.24) is 29.7 Å². The molecule has 1 saturated carbocycles. The Morgan fingerprint density at radius 2 is 1.93 bits per heavy atom.